The van der Waals surface area contributed by atoms with Gasteiger partial charge in [-0.25, -0.2) is 0 Å². The van der Waals surface area contributed by atoms with Crippen LogP contribution in [0.25, 0.3) is 6.08 Å². The summed E-state index contributed by atoms with van der Waals surface area (Å²) in [5, 5.41) is 4.44. The molecular weight excluding hydrogens is 218 g/mol. The van der Waals surface area contributed by atoms with Gasteiger partial charge in [0.25, 0.3) is 0 Å². The SMILES string of the molecule is C=Cc1ccc(Cl)c(C2CCCCCN2)c1. The summed E-state index contributed by atoms with van der Waals surface area (Å²) < 4.78 is 0. The lowest BCUT2D eigenvalue weighted by Gasteiger charge is -2.18. The lowest BCUT2D eigenvalue weighted by Crippen LogP contribution is -2.20. The van der Waals surface area contributed by atoms with E-state index in [1.54, 1.807) is 0 Å². The summed E-state index contributed by atoms with van der Waals surface area (Å²) in [6, 6.07) is 6.55. The Balaban J connectivity index is 2.26. The molecule has 86 valence electrons. The van der Waals surface area contributed by atoms with Crippen LogP contribution in [0.4, 0.5) is 0 Å². The fourth-order valence-electron chi connectivity index (χ4n) is 2.25. The molecule has 16 heavy (non-hydrogen) atoms. The Labute approximate surface area is 103 Å². The molecule has 1 fully saturated rings. The Morgan fingerprint density at radius 3 is 3.00 bits per heavy atom. The standard InChI is InChI=1S/C14H18ClN/c1-2-11-7-8-13(15)12(10-11)14-6-4-3-5-9-16-14/h2,7-8,10,14,16H,1,3-6,9H2. The van der Waals surface area contributed by atoms with E-state index in [0.29, 0.717) is 6.04 Å². The lowest BCUT2D eigenvalue weighted by molar-refractivity contribution is 0.535. The van der Waals surface area contributed by atoms with Crippen LogP contribution < -0.4 is 5.32 Å². The summed E-state index contributed by atoms with van der Waals surface area (Å²) in [7, 11) is 0. The van der Waals surface area contributed by atoms with Crippen molar-refractivity contribution in [2.24, 2.45) is 0 Å². The minimum atomic E-state index is 0.412. The van der Waals surface area contributed by atoms with Gasteiger partial charge in [-0.05, 0) is 42.6 Å². The molecule has 1 atom stereocenters. The summed E-state index contributed by atoms with van der Waals surface area (Å²) in [5.74, 6) is 0. The van der Waals surface area contributed by atoms with Gasteiger partial charge in [0.1, 0.15) is 0 Å². The maximum atomic E-state index is 6.27. The maximum absolute atomic E-state index is 6.27. The Morgan fingerprint density at radius 1 is 1.31 bits per heavy atom. The molecule has 1 N–H and O–H groups in total. The van der Waals surface area contributed by atoms with Gasteiger partial charge in [0.05, 0.1) is 0 Å². The van der Waals surface area contributed by atoms with Gasteiger partial charge in [0, 0.05) is 11.1 Å². The number of nitrogens with one attached hydrogen (secondary N) is 1. The molecule has 0 aromatic heterocycles. The van der Waals surface area contributed by atoms with Crippen molar-refractivity contribution in [3.63, 3.8) is 0 Å². The molecule has 1 heterocycles. The Bertz CT molecular complexity index is 365. The van der Waals surface area contributed by atoms with E-state index in [2.05, 4.69) is 18.0 Å². The first-order valence-corrected chi connectivity index (χ1v) is 6.34. The van der Waals surface area contributed by atoms with Crippen molar-refractivity contribution in [3.05, 3.63) is 40.9 Å². The summed E-state index contributed by atoms with van der Waals surface area (Å²) in [6.45, 7) is 4.90. The van der Waals surface area contributed by atoms with Crippen molar-refractivity contribution >= 4 is 17.7 Å². The first-order chi connectivity index (χ1) is 7.81. The van der Waals surface area contributed by atoms with E-state index >= 15 is 0 Å². The number of hydrogen-bond donors (Lipinski definition) is 1. The molecule has 0 amide bonds. The Morgan fingerprint density at radius 2 is 2.19 bits per heavy atom. The van der Waals surface area contributed by atoms with Gasteiger partial charge in [-0.1, -0.05) is 43.2 Å². The third-order valence-corrected chi connectivity index (χ3v) is 3.54. The van der Waals surface area contributed by atoms with Crippen LogP contribution in [0.5, 0.6) is 0 Å². The zero-order valence-electron chi connectivity index (χ0n) is 9.51. The Hall–Kier alpha value is -0.790. The van der Waals surface area contributed by atoms with Crippen molar-refractivity contribution in [2.45, 2.75) is 31.7 Å². The van der Waals surface area contributed by atoms with Crippen molar-refractivity contribution in [2.75, 3.05) is 6.54 Å². The average Bonchev–Trinajstić information content (AvgIpc) is 2.58. The largest absolute Gasteiger partial charge is 0.310 e. The molecule has 1 aliphatic heterocycles. The molecule has 0 radical (unpaired) electrons. The van der Waals surface area contributed by atoms with Crippen LogP contribution in [-0.4, -0.2) is 6.54 Å². The number of benzene rings is 1. The van der Waals surface area contributed by atoms with Crippen molar-refractivity contribution < 1.29 is 0 Å². The molecule has 0 spiro atoms. The maximum Gasteiger partial charge on any atom is 0.0454 e. The van der Waals surface area contributed by atoms with Crippen LogP contribution in [0.15, 0.2) is 24.8 Å². The fourth-order valence-corrected chi connectivity index (χ4v) is 2.50. The van der Waals surface area contributed by atoms with E-state index in [1.807, 2.05) is 18.2 Å². The third-order valence-electron chi connectivity index (χ3n) is 3.19. The first kappa shape index (κ1) is 11.7. The highest BCUT2D eigenvalue weighted by Gasteiger charge is 2.16. The van der Waals surface area contributed by atoms with E-state index in [0.717, 1.165) is 17.1 Å². The summed E-state index contributed by atoms with van der Waals surface area (Å²) in [5.41, 5.74) is 2.37. The van der Waals surface area contributed by atoms with Crippen LogP contribution in [0.2, 0.25) is 5.02 Å². The van der Waals surface area contributed by atoms with E-state index in [-0.39, 0.29) is 0 Å². The van der Waals surface area contributed by atoms with Crippen LogP contribution >= 0.6 is 11.6 Å². The molecule has 1 aromatic rings. The van der Waals surface area contributed by atoms with Crippen LogP contribution in [0, 0.1) is 0 Å². The van der Waals surface area contributed by atoms with Gasteiger partial charge >= 0.3 is 0 Å². The van der Waals surface area contributed by atoms with Gasteiger partial charge in [-0.3, -0.25) is 0 Å². The smallest absolute Gasteiger partial charge is 0.0454 e. The van der Waals surface area contributed by atoms with Gasteiger partial charge < -0.3 is 5.32 Å². The summed E-state index contributed by atoms with van der Waals surface area (Å²) in [6.07, 6.45) is 6.93. The predicted molar refractivity (Wildman–Crippen MR) is 70.8 cm³/mol. The molecule has 2 heteroatoms. The van der Waals surface area contributed by atoms with Crippen LogP contribution in [-0.2, 0) is 0 Å². The molecular formula is C14H18ClN. The summed E-state index contributed by atoms with van der Waals surface area (Å²) in [4.78, 5) is 0. The average molecular weight is 236 g/mol. The minimum absolute atomic E-state index is 0.412. The van der Waals surface area contributed by atoms with Gasteiger partial charge in [0.2, 0.25) is 0 Å². The van der Waals surface area contributed by atoms with Crippen molar-refractivity contribution in [3.8, 4) is 0 Å². The number of hydrogen-bond acceptors (Lipinski definition) is 1. The zero-order valence-corrected chi connectivity index (χ0v) is 10.3. The lowest BCUT2D eigenvalue weighted by atomic mass is 10.00. The highest BCUT2D eigenvalue weighted by atomic mass is 35.5. The van der Waals surface area contributed by atoms with E-state index in [1.165, 1.54) is 31.2 Å². The number of rotatable bonds is 2. The minimum Gasteiger partial charge on any atom is -0.310 e. The first-order valence-electron chi connectivity index (χ1n) is 5.96. The molecule has 0 saturated carbocycles. The van der Waals surface area contributed by atoms with E-state index in [9.17, 15) is 0 Å². The fraction of sp³-hybridized carbons (Fsp3) is 0.429. The second-order valence-electron chi connectivity index (χ2n) is 4.34. The molecule has 0 aliphatic carbocycles. The quantitative estimate of drug-likeness (QED) is 0.811. The second-order valence-corrected chi connectivity index (χ2v) is 4.75. The normalized spacial score (nSPS) is 21.4. The molecule has 1 aliphatic rings. The molecule has 1 aromatic carbocycles. The molecule has 1 saturated heterocycles. The topological polar surface area (TPSA) is 12.0 Å². The monoisotopic (exact) mass is 235 g/mol. The van der Waals surface area contributed by atoms with Crippen molar-refractivity contribution in [1.82, 2.24) is 5.32 Å². The van der Waals surface area contributed by atoms with E-state index in [4.69, 9.17) is 11.6 Å². The predicted octanol–water partition coefficient (Wildman–Crippen LogP) is 4.19. The van der Waals surface area contributed by atoms with Gasteiger partial charge in [0.15, 0.2) is 0 Å². The highest BCUT2D eigenvalue weighted by Crippen LogP contribution is 2.29. The van der Waals surface area contributed by atoms with Crippen LogP contribution in [0.3, 0.4) is 0 Å². The molecule has 0 bridgehead atoms. The molecule has 2 rings (SSSR count). The van der Waals surface area contributed by atoms with Crippen molar-refractivity contribution in [1.29, 1.82) is 0 Å². The van der Waals surface area contributed by atoms with Crippen LogP contribution in [0.1, 0.15) is 42.9 Å². The third kappa shape index (κ3) is 2.66. The Kier molecular flexibility index (Phi) is 4.03. The van der Waals surface area contributed by atoms with Gasteiger partial charge in [-0.15, -0.1) is 0 Å². The summed E-state index contributed by atoms with van der Waals surface area (Å²) >= 11 is 6.27. The zero-order chi connectivity index (χ0) is 11.4. The molecule has 1 unspecified atom stereocenters. The molecule has 1 nitrogen and oxygen atoms in total. The van der Waals surface area contributed by atoms with E-state index < -0.39 is 0 Å². The highest BCUT2D eigenvalue weighted by molar-refractivity contribution is 6.31. The second kappa shape index (κ2) is 5.51. The van der Waals surface area contributed by atoms with Gasteiger partial charge in [-0.2, -0.15) is 0 Å². The number of halogens is 1.